The molecule has 1 unspecified atom stereocenters. The second-order valence-electron chi connectivity index (χ2n) is 6.02. The molecule has 1 nitrogen and oxygen atoms in total. The lowest BCUT2D eigenvalue weighted by molar-refractivity contribution is 0.468. The summed E-state index contributed by atoms with van der Waals surface area (Å²) in [7, 11) is 0. The van der Waals surface area contributed by atoms with Crippen LogP contribution in [0.5, 0.6) is 0 Å². The van der Waals surface area contributed by atoms with E-state index < -0.39 is 0 Å². The van der Waals surface area contributed by atoms with Crippen molar-refractivity contribution in [1.82, 2.24) is 5.32 Å². The first-order valence-electron chi connectivity index (χ1n) is 7.96. The van der Waals surface area contributed by atoms with Gasteiger partial charge < -0.3 is 5.32 Å². The molecule has 19 heavy (non-hydrogen) atoms. The summed E-state index contributed by atoms with van der Waals surface area (Å²) in [5, 5.41) is 3.64. The van der Waals surface area contributed by atoms with Gasteiger partial charge >= 0.3 is 0 Å². The summed E-state index contributed by atoms with van der Waals surface area (Å²) in [6, 6.07) is 9.82. The van der Waals surface area contributed by atoms with E-state index in [1.54, 1.807) is 0 Å². The van der Waals surface area contributed by atoms with Crippen molar-refractivity contribution in [3.8, 4) is 0 Å². The molecule has 0 aromatic heterocycles. The van der Waals surface area contributed by atoms with Crippen LogP contribution < -0.4 is 5.32 Å². The predicted octanol–water partition coefficient (Wildman–Crippen LogP) is 4.60. The van der Waals surface area contributed by atoms with Gasteiger partial charge in [0.2, 0.25) is 0 Å². The number of nitrogens with one attached hydrogen (secondary N) is 1. The van der Waals surface area contributed by atoms with Crippen LogP contribution >= 0.6 is 0 Å². The normalized spacial score (nSPS) is 12.9. The van der Waals surface area contributed by atoms with E-state index in [1.165, 1.54) is 43.2 Å². The quantitative estimate of drug-likeness (QED) is 0.685. The zero-order valence-electron chi connectivity index (χ0n) is 13.2. The number of aryl methyl sites for hydroxylation is 1. The monoisotopic (exact) mass is 261 g/mol. The van der Waals surface area contributed by atoms with Gasteiger partial charge in [0, 0.05) is 6.04 Å². The number of benzene rings is 1. The molecular formula is C18H31N. The molecule has 0 amide bonds. The van der Waals surface area contributed by atoms with E-state index >= 15 is 0 Å². The Morgan fingerprint density at radius 1 is 1.11 bits per heavy atom. The number of hydrogen-bond donors (Lipinski definition) is 1. The molecule has 1 heteroatoms. The van der Waals surface area contributed by atoms with Gasteiger partial charge in [-0.1, -0.05) is 52.0 Å². The van der Waals surface area contributed by atoms with Crippen LogP contribution in [0.1, 0.15) is 58.1 Å². The summed E-state index contributed by atoms with van der Waals surface area (Å²) in [6.45, 7) is 10.2. The molecule has 0 bridgehead atoms. The van der Waals surface area contributed by atoms with Crippen molar-refractivity contribution >= 4 is 0 Å². The average molecular weight is 261 g/mol. The van der Waals surface area contributed by atoms with Gasteiger partial charge in [0.1, 0.15) is 0 Å². The van der Waals surface area contributed by atoms with Crippen LogP contribution in [0.2, 0.25) is 0 Å². The Kier molecular flexibility index (Phi) is 7.81. The highest BCUT2D eigenvalue weighted by atomic mass is 14.9. The third-order valence-electron chi connectivity index (χ3n) is 3.59. The minimum atomic E-state index is 0.675. The molecular weight excluding hydrogens is 230 g/mol. The Hall–Kier alpha value is -0.820. The first-order chi connectivity index (χ1) is 9.15. The standard InChI is InChI=1S/C18H31N/c1-5-12-19-18(6-2)11-10-16-8-7-9-17(14-16)13-15(3)4/h7-9,14-15,18-19H,5-6,10-13H2,1-4H3. The van der Waals surface area contributed by atoms with Gasteiger partial charge in [-0.15, -0.1) is 0 Å². The van der Waals surface area contributed by atoms with Gasteiger partial charge in [0.25, 0.3) is 0 Å². The van der Waals surface area contributed by atoms with Gasteiger partial charge in [0.15, 0.2) is 0 Å². The molecule has 0 saturated carbocycles. The van der Waals surface area contributed by atoms with Crippen LogP contribution in [0.3, 0.4) is 0 Å². The minimum Gasteiger partial charge on any atom is -0.314 e. The molecule has 0 radical (unpaired) electrons. The maximum atomic E-state index is 3.64. The van der Waals surface area contributed by atoms with Crippen molar-refractivity contribution in [3.05, 3.63) is 35.4 Å². The molecule has 0 aliphatic heterocycles. The van der Waals surface area contributed by atoms with Crippen molar-refractivity contribution in [2.45, 2.75) is 65.8 Å². The van der Waals surface area contributed by atoms with E-state index in [4.69, 9.17) is 0 Å². The Balaban J connectivity index is 2.47. The molecule has 1 N–H and O–H groups in total. The fraction of sp³-hybridized carbons (Fsp3) is 0.667. The SMILES string of the molecule is CCCNC(CC)CCc1cccc(CC(C)C)c1. The average Bonchev–Trinajstić information content (AvgIpc) is 2.38. The molecule has 0 aliphatic rings. The molecule has 1 atom stereocenters. The first-order valence-corrected chi connectivity index (χ1v) is 7.96. The number of rotatable bonds is 9. The van der Waals surface area contributed by atoms with Gasteiger partial charge in [0.05, 0.1) is 0 Å². The molecule has 0 heterocycles. The van der Waals surface area contributed by atoms with Crippen molar-refractivity contribution < 1.29 is 0 Å². The van der Waals surface area contributed by atoms with E-state index in [1.807, 2.05) is 0 Å². The Morgan fingerprint density at radius 3 is 2.47 bits per heavy atom. The summed E-state index contributed by atoms with van der Waals surface area (Å²) < 4.78 is 0. The Bertz CT molecular complexity index is 343. The third kappa shape index (κ3) is 6.77. The summed E-state index contributed by atoms with van der Waals surface area (Å²) in [6.07, 6.45) is 6.09. The largest absolute Gasteiger partial charge is 0.314 e. The third-order valence-corrected chi connectivity index (χ3v) is 3.59. The molecule has 1 rings (SSSR count). The van der Waals surface area contributed by atoms with E-state index in [-0.39, 0.29) is 0 Å². The maximum Gasteiger partial charge on any atom is 0.00676 e. The molecule has 0 spiro atoms. The zero-order chi connectivity index (χ0) is 14.1. The smallest absolute Gasteiger partial charge is 0.00676 e. The van der Waals surface area contributed by atoms with Crippen molar-refractivity contribution in [3.63, 3.8) is 0 Å². The lowest BCUT2D eigenvalue weighted by atomic mass is 9.98. The predicted molar refractivity (Wildman–Crippen MR) is 85.7 cm³/mol. The summed E-state index contributed by atoms with van der Waals surface area (Å²) in [4.78, 5) is 0. The molecule has 0 fully saturated rings. The lowest BCUT2D eigenvalue weighted by Crippen LogP contribution is -2.29. The topological polar surface area (TPSA) is 12.0 Å². The van der Waals surface area contributed by atoms with E-state index in [9.17, 15) is 0 Å². The highest BCUT2D eigenvalue weighted by Crippen LogP contribution is 2.13. The van der Waals surface area contributed by atoms with Gasteiger partial charge in [-0.25, -0.2) is 0 Å². The number of hydrogen-bond acceptors (Lipinski definition) is 1. The van der Waals surface area contributed by atoms with Crippen LogP contribution in [0.4, 0.5) is 0 Å². The zero-order valence-corrected chi connectivity index (χ0v) is 13.2. The molecule has 0 saturated heterocycles. The van der Waals surface area contributed by atoms with E-state index in [2.05, 4.69) is 57.3 Å². The van der Waals surface area contributed by atoms with Crippen LogP contribution in [-0.2, 0) is 12.8 Å². The van der Waals surface area contributed by atoms with Crippen LogP contribution in [-0.4, -0.2) is 12.6 Å². The summed E-state index contributed by atoms with van der Waals surface area (Å²) in [5.74, 6) is 0.741. The lowest BCUT2D eigenvalue weighted by Gasteiger charge is -2.16. The van der Waals surface area contributed by atoms with Crippen molar-refractivity contribution in [2.24, 2.45) is 5.92 Å². The van der Waals surface area contributed by atoms with E-state index in [0.717, 1.165) is 12.5 Å². The minimum absolute atomic E-state index is 0.675. The molecule has 1 aromatic carbocycles. The van der Waals surface area contributed by atoms with Crippen molar-refractivity contribution in [2.75, 3.05) is 6.54 Å². The van der Waals surface area contributed by atoms with E-state index in [0.29, 0.717) is 6.04 Å². The Morgan fingerprint density at radius 2 is 1.84 bits per heavy atom. The van der Waals surface area contributed by atoms with Gasteiger partial charge in [-0.3, -0.25) is 0 Å². The second kappa shape index (κ2) is 9.14. The molecule has 0 aliphatic carbocycles. The summed E-state index contributed by atoms with van der Waals surface area (Å²) in [5.41, 5.74) is 2.98. The molecule has 108 valence electrons. The van der Waals surface area contributed by atoms with Crippen LogP contribution in [0, 0.1) is 5.92 Å². The highest BCUT2D eigenvalue weighted by Gasteiger charge is 2.06. The Labute approximate surface area is 119 Å². The van der Waals surface area contributed by atoms with Crippen LogP contribution in [0.25, 0.3) is 0 Å². The van der Waals surface area contributed by atoms with Crippen molar-refractivity contribution in [1.29, 1.82) is 0 Å². The highest BCUT2D eigenvalue weighted by molar-refractivity contribution is 5.24. The second-order valence-corrected chi connectivity index (χ2v) is 6.02. The maximum absolute atomic E-state index is 3.64. The fourth-order valence-electron chi connectivity index (χ4n) is 2.52. The molecule has 1 aromatic rings. The van der Waals surface area contributed by atoms with Gasteiger partial charge in [-0.05, 0) is 55.7 Å². The summed E-state index contributed by atoms with van der Waals surface area (Å²) >= 11 is 0. The first kappa shape index (κ1) is 16.2. The fourth-order valence-corrected chi connectivity index (χ4v) is 2.52. The van der Waals surface area contributed by atoms with Gasteiger partial charge in [-0.2, -0.15) is 0 Å². The van der Waals surface area contributed by atoms with Crippen LogP contribution in [0.15, 0.2) is 24.3 Å².